The molecule has 0 bridgehead atoms. The van der Waals surface area contributed by atoms with Gasteiger partial charge in [0.2, 0.25) is 0 Å². The molecule has 1 heterocycles. The summed E-state index contributed by atoms with van der Waals surface area (Å²) in [4.78, 5) is 27.1. The molecule has 0 N–H and O–H groups in total. The smallest absolute Gasteiger partial charge is 0.261 e. The maximum absolute atomic E-state index is 12.3. The number of hydrogen-bond acceptors (Lipinski definition) is 4. The van der Waals surface area contributed by atoms with Crippen molar-refractivity contribution in [2.75, 3.05) is 6.61 Å². The Morgan fingerprint density at radius 1 is 1.09 bits per heavy atom. The van der Waals surface area contributed by atoms with Crippen molar-refractivity contribution in [3.05, 3.63) is 70.8 Å². The van der Waals surface area contributed by atoms with Crippen LogP contribution in [-0.2, 0) is 6.54 Å². The molecule has 0 aliphatic heterocycles. The molecule has 5 heteroatoms. The Hall–Kier alpha value is -2.95. The number of fused-ring (bicyclic) bond motifs is 1. The van der Waals surface area contributed by atoms with Crippen molar-refractivity contribution < 1.29 is 9.53 Å². The van der Waals surface area contributed by atoms with Crippen molar-refractivity contribution in [2.45, 2.75) is 6.54 Å². The van der Waals surface area contributed by atoms with E-state index < -0.39 is 0 Å². The number of carbonyl (C=O) groups excluding carboxylic acids is 1. The predicted molar refractivity (Wildman–Crippen MR) is 83.3 cm³/mol. The first-order valence-corrected chi connectivity index (χ1v) is 6.90. The van der Waals surface area contributed by atoms with Gasteiger partial charge >= 0.3 is 0 Å². The van der Waals surface area contributed by atoms with Crippen LogP contribution in [0.4, 0.5) is 0 Å². The van der Waals surface area contributed by atoms with Gasteiger partial charge in [-0.15, -0.1) is 0 Å². The van der Waals surface area contributed by atoms with Crippen LogP contribution in [0.2, 0.25) is 0 Å². The quantitative estimate of drug-likeness (QED) is 0.677. The van der Waals surface area contributed by atoms with E-state index in [1.807, 2.05) is 18.2 Å². The average Bonchev–Trinajstić information content (AvgIpc) is 2.58. The lowest BCUT2D eigenvalue weighted by atomic mass is 10.2. The lowest BCUT2D eigenvalue weighted by Crippen LogP contribution is -2.23. The Balaban J connectivity index is 1.70. The summed E-state index contributed by atoms with van der Waals surface area (Å²) in [5, 5.41) is 0.598. The monoisotopic (exact) mass is 294 g/mol. The minimum Gasteiger partial charge on any atom is -0.492 e. The van der Waals surface area contributed by atoms with Gasteiger partial charge in [0.1, 0.15) is 18.6 Å². The molecule has 0 spiro atoms. The fraction of sp³-hybridized carbons (Fsp3) is 0.118. The van der Waals surface area contributed by atoms with Crippen molar-refractivity contribution in [3.8, 4) is 5.75 Å². The van der Waals surface area contributed by atoms with Gasteiger partial charge in [-0.1, -0.05) is 12.1 Å². The van der Waals surface area contributed by atoms with Crippen molar-refractivity contribution in [1.82, 2.24) is 9.55 Å². The normalized spacial score (nSPS) is 10.5. The van der Waals surface area contributed by atoms with Crippen LogP contribution in [0.3, 0.4) is 0 Å². The van der Waals surface area contributed by atoms with E-state index in [1.54, 1.807) is 30.3 Å². The van der Waals surface area contributed by atoms with E-state index in [2.05, 4.69) is 4.98 Å². The standard InChI is InChI=1S/C17H14N2O3/c20-11-13-5-7-14(8-6-13)22-10-9-19-12-18-16-4-2-1-3-15(16)17(19)21/h1-8,11-12H,9-10H2. The fourth-order valence-electron chi connectivity index (χ4n) is 2.17. The van der Waals surface area contributed by atoms with E-state index in [0.717, 1.165) is 6.29 Å². The van der Waals surface area contributed by atoms with Gasteiger partial charge in [-0.2, -0.15) is 0 Å². The van der Waals surface area contributed by atoms with Crippen LogP contribution in [0, 0.1) is 0 Å². The van der Waals surface area contributed by atoms with Crippen molar-refractivity contribution in [3.63, 3.8) is 0 Å². The second-order valence-electron chi connectivity index (χ2n) is 4.80. The first-order valence-electron chi connectivity index (χ1n) is 6.90. The van der Waals surface area contributed by atoms with Crippen LogP contribution >= 0.6 is 0 Å². The third kappa shape index (κ3) is 2.88. The van der Waals surface area contributed by atoms with Crippen LogP contribution in [-0.4, -0.2) is 22.4 Å². The fourth-order valence-corrected chi connectivity index (χ4v) is 2.17. The summed E-state index contributed by atoms with van der Waals surface area (Å²) >= 11 is 0. The number of ether oxygens (including phenoxy) is 1. The topological polar surface area (TPSA) is 61.2 Å². The first kappa shape index (κ1) is 14.0. The van der Waals surface area contributed by atoms with Crippen molar-refractivity contribution in [2.24, 2.45) is 0 Å². The van der Waals surface area contributed by atoms with Crippen molar-refractivity contribution in [1.29, 1.82) is 0 Å². The molecule has 3 rings (SSSR count). The second kappa shape index (κ2) is 6.22. The third-order valence-electron chi connectivity index (χ3n) is 3.35. The Kier molecular flexibility index (Phi) is 3.96. The molecular formula is C17H14N2O3. The highest BCUT2D eigenvalue weighted by molar-refractivity contribution is 5.77. The van der Waals surface area contributed by atoms with Crippen LogP contribution in [0.1, 0.15) is 10.4 Å². The Morgan fingerprint density at radius 2 is 1.86 bits per heavy atom. The molecule has 0 atom stereocenters. The van der Waals surface area contributed by atoms with Gasteiger partial charge in [0.05, 0.1) is 23.8 Å². The Labute approximate surface area is 126 Å². The molecular weight excluding hydrogens is 280 g/mol. The zero-order chi connectivity index (χ0) is 15.4. The van der Waals surface area contributed by atoms with Gasteiger partial charge in [0, 0.05) is 5.56 Å². The number of rotatable bonds is 5. The molecule has 110 valence electrons. The van der Waals surface area contributed by atoms with Gasteiger partial charge in [0.15, 0.2) is 0 Å². The summed E-state index contributed by atoms with van der Waals surface area (Å²) in [5.74, 6) is 0.660. The first-order chi connectivity index (χ1) is 10.8. The van der Waals surface area contributed by atoms with Gasteiger partial charge < -0.3 is 4.74 Å². The molecule has 0 radical (unpaired) electrons. The van der Waals surface area contributed by atoms with Crippen molar-refractivity contribution >= 4 is 17.2 Å². The largest absolute Gasteiger partial charge is 0.492 e. The summed E-state index contributed by atoms with van der Waals surface area (Å²) in [5.41, 5.74) is 1.21. The summed E-state index contributed by atoms with van der Waals surface area (Å²) in [6.45, 7) is 0.756. The lowest BCUT2D eigenvalue weighted by Gasteiger charge is -2.08. The zero-order valence-electron chi connectivity index (χ0n) is 11.8. The van der Waals surface area contributed by atoms with Gasteiger partial charge in [-0.25, -0.2) is 4.98 Å². The predicted octanol–water partition coefficient (Wildman–Crippen LogP) is 2.29. The van der Waals surface area contributed by atoms with Crippen LogP contribution in [0.5, 0.6) is 5.75 Å². The van der Waals surface area contributed by atoms with E-state index in [1.165, 1.54) is 10.9 Å². The highest BCUT2D eigenvalue weighted by Gasteiger charge is 2.03. The number of carbonyl (C=O) groups is 1. The Bertz CT molecular complexity index is 854. The molecule has 0 fully saturated rings. The molecule has 0 unspecified atom stereocenters. The van der Waals surface area contributed by atoms with E-state index in [-0.39, 0.29) is 5.56 Å². The summed E-state index contributed by atoms with van der Waals surface area (Å²) in [7, 11) is 0. The third-order valence-corrected chi connectivity index (χ3v) is 3.35. The van der Waals surface area contributed by atoms with E-state index >= 15 is 0 Å². The molecule has 3 aromatic rings. The minimum absolute atomic E-state index is 0.0782. The molecule has 0 saturated carbocycles. The maximum atomic E-state index is 12.3. The molecule has 0 aliphatic rings. The second-order valence-corrected chi connectivity index (χ2v) is 4.80. The van der Waals surface area contributed by atoms with Crippen LogP contribution in [0.25, 0.3) is 10.9 Å². The number of nitrogens with zero attached hydrogens (tertiary/aromatic N) is 2. The molecule has 5 nitrogen and oxygen atoms in total. The van der Waals surface area contributed by atoms with E-state index in [0.29, 0.717) is 35.4 Å². The molecule has 0 saturated heterocycles. The van der Waals surface area contributed by atoms with E-state index in [9.17, 15) is 9.59 Å². The number of para-hydroxylation sites is 1. The zero-order valence-corrected chi connectivity index (χ0v) is 11.8. The molecule has 22 heavy (non-hydrogen) atoms. The van der Waals surface area contributed by atoms with Gasteiger partial charge in [0.25, 0.3) is 5.56 Å². The van der Waals surface area contributed by atoms with E-state index in [4.69, 9.17) is 4.74 Å². The average molecular weight is 294 g/mol. The van der Waals surface area contributed by atoms with Gasteiger partial charge in [-0.3, -0.25) is 14.2 Å². The summed E-state index contributed by atoms with van der Waals surface area (Å²) in [6.07, 6.45) is 2.31. The van der Waals surface area contributed by atoms with Crippen LogP contribution < -0.4 is 10.3 Å². The number of hydrogen-bond donors (Lipinski definition) is 0. The van der Waals surface area contributed by atoms with Gasteiger partial charge in [-0.05, 0) is 36.4 Å². The number of aromatic nitrogens is 2. The SMILES string of the molecule is O=Cc1ccc(OCCn2cnc3ccccc3c2=O)cc1. The Morgan fingerprint density at radius 3 is 2.64 bits per heavy atom. The molecule has 2 aromatic carbocycles. The maximum Gasteiger partial charge on any atom is 0.261 e. The highest BCUT2D eigenvalue weighted by Crippen LogP contribution is 2.11. The minimum atomic E-state index is -0.0782. The highest BCUT2D eigenvalue weighted by atomic mass is 16.5. The number of benzene rings is 2. The molecule has 0 amide bonds. The summed E-state index contributed by atoms with van der Waals surface area (Å²) in [6, 6.07) is 14.1. The molecule has 0 aliphatic carbocycles. The number of aldehydes is 1. The van der Waals surface area contributed by atoms with Crippen LogP contribution in [0.15, 0.2) is 59.7 Å². The summed E-state index contributed by atoms with van der Waals surface area (Å²) < 4.78 is 7.10. The lowest BCUT2D eigenvalue weighted by molar-refractivity contribution is 0.112. The molecule has 1 aromatic heterocycles.